The summed E-state index contributed by atoms with van der Waals surface area (Å²) in [6, 6.07) is 0. The molecule has 6 nitrogen and oxygen atoms in total. The van der Waals surface area contributed by atoms with Gasteiger partial charge in [-0.1, -0.05) is 273 Å². The number of ether oxygens (including phenoxy) is 3. The van der Waals surface area contributed by atoms with E-state index in [1.165, 1.54) is 193 Å². The first-order valence-corrected chi connectivity index (χ1v) is 28.1. The van der Waals surface area contributed by atoms with Gasteiger partial charge in [0, 0.05) is 19.3 Å². The van der Waals surface area contributed by atoms with E-state index in [9.17, 15) is 14.4 Å². The Hall–Kier alpha value is -1.59. The molecule has 0 amide bonds. The molecular formula is C57H110O6. The standard InChI is InChI=1S/C57H110O6/c1-7-53(6)45-39-33-27-23-24-29-35-41-47-56(59)62-50-54(63-57(60)48-42-36-30-22-18-14-10-12-16-20-26-32-38-44-52(4)5)49-61-55(58)46-40-34-28-21-17-13-9-8-11-15-19-25-31-37-43-51(2)3/h51-54H,7-50H2,1-6H3/t53?,54-/m0/s1. The molecule has 0 heterocycles. The van der Waals surface area contributed by atoms with Crippen LogP contribution in [-0.2, 0) is 28.6 Å². The van der Waals surface area contributed by atoms with Gasteiger partial charge < -0.3 is 14.2 Å². The van der Waals surface area contributed by atoms with Gasteiger partial charge in [0.05, 0.1) is 0 Å². The van der Waals surface area contributed by atoms with Crippen molar-refractivity contribution in [3.8, 4) is 0 Å². The van der Waals surface area contributed by atoms with Crippen LogP contribution in [0.15, 0.2) is 0 Å². The summed E-state index contributed by atoms with van der Waals surface area (Å²) >= 11 is 0. The third-order valence-electron chi connectivity index (χ3n) is 13.3. The highest BCUT2D eigenvalue weighted by Crippen LogP contribution is 2.18. The SMILES string of the molecule is CCC(C)CCCCCCCCCCC(=O)OC[C@H](COC(=O)CCCCCCCCCCCCCCCCC(C)C)OC(=O)CCCCCCCCCCCCCCCC(C)C. The van der Waals surface area contributed by atoms with Crippen molar-refractivity contribution >= 4 is 17.9 Å². The number of hydrogen-bond donors (Lipinski definition) is 0. The fraction of sp³-hybridized carbons (Fsp3) is 0.947. The molecule has 0 rings (SSSR count). The van der Waals surface area contributed by atoms with Gasteiger partial charge in [-0.3, -0.25) is 14.4 Å². The minimum atomic E-state index is -0.763. The van der Waals surface area contributed by atoms with E-state index in [0.717, 1.165) is 75.5 Å². The van der Waals surface area contributed by atoms with Crippen molar-refractivity contribution in [3.63, 3.8) is 0 Å². The van der Waals surface area contributed by atoms with E-state index in [0.29, 0.717) is 19.3 Å². The molecule has 0 aliphatic carbocycles. The third-order valence-corrected chi connectivity index (χ3v) is 13.3. The second-order valence-electron chi connectivity index (χ2n) is 20.8. The van der Waals surface area contributed by atoms with Crippen molar-refractivity contribution in [2.75, 3.05) is 13.2 Å². The summed E-state index contributed by atoms with van der Waals surface area (Å²) in [6.07, 6.45) is 49.4. The second kappa shape index (κ2) is 48.3. The minimum absolute atomic E-state index is 0.0640. The highest BCUT2D eigenvalue weighted by atomic mass is 16.6. The molecule has 0 N–H and O–H groups in total. The van der Waals surface area contributed by atoms with Gasteiger partial charge in [-0.05, 0) is 37.0 Å². The van der Waals surface area contributed by atoms with E-state index >= 15 is 0 Å². The molecule has 0 saturated heterocycles. The Labute approximate surface area is 393 Å². The fourth-order valence-electron chi connectivity index (χ4n) is 8.61. The van der Waals surface area contributed by atoms with Gasteiger partial charge in [-0.25, -0.2) is 0 Å². The predicted octanol–water partition coefficient (Wildman–Crippen LogP) is 18.3. The van der Waals surface area contributed by atoms with E-state index in [4.69, 9.17) is 14.2 Å². The average molecular weight is 892 g/mol. The Balaban J connectivity index is 4.30. The summed E-state index contributed by atoms with van der Waals surface area (Å²) in [4.78, 5) is 38.1. The summed E-state index contributed by atoms with van der Waals surface area (Å²) in [5, 5.41) is 0. The monoisotopic (exact) mass is 891 g/mol. The van der Waals surface area contributed by atoms with Crippen LogP contribution in [0.3, 0.4) is 0 Å². The molecule has 0 aromatic carbocycles. The van der Waals surface area contributed by atoms with Gasteiger partial charge in [-0.2, -0.15) is 0 Å². The maximum Gasteiger partial charge on any atom is 0.306 e. The molecule has 0 aromatic heterocycles. The first kappa shape index (κ1) is 61.4. The van der Waals surface area contributed by atoms with Crippen molar-refractivity contribution in [2.45, 2.75) is 317 Å². The van der Waals surface area contributed by atoms with Gasteiger partial charge in [0.25, 0.3) is 0 Å². The fourth-order valence-corrected chi connectivity index (χ4v) is 8.61. The zero-order chi connectivity index (χ0) is 46.3. The zero-order valence-electron chi connectivity index (χ0n) is 43.4. The number of hydrogen-bond acceptors (Lipinski definition) is 6. The summed E-state index contributed by atoms with van der Waals surface area (Å²) in [7, 11) is 0. The summed E-state index contributed by atoms with van der Waals surface area (Å²) in [5.41, 5.74) is 0. The van der Waals surface area contributed by atoms with Crippen molar-refractivity contribution in [1.82, 2.24) is 0 Å². The van der Waals surface area contributed by atoms with Gasteiger partial charge >= 0.3 is 17.9 Å². The van der Waals surface area contributed by atoms with Gasteiger partial charge in [-0.15, -0.1) is 0 Å². The number of carbonyl (C=O) groups excluding carboxylic acids is 3. The lowest BCUT2D eigenvalue weighted by molar-refractivity contribution is -0.167. The molecule has 6 heteroatoms. The Morgan fingerprint density at radius 1 is 0.317 bits per heavy atom. The quantitative estimate of drug-likeness (QED) is 0.0344. The predicted molar refractivity (Wildman–Crippen MR) is 270 cm³/mol. The highest BCUT2D eigenvalue weighted by Gasteiger charge is 2.19. The first-order valence-electron chi connectivity index (χ1n) is 28.1. The third kappa shape index (κ3) is 49.7. The van der Waals surface area contributed by atoms with E-state index < -0.39 is 6.10 Å². The zero-order valence-corrected chi connectivity index (χ0v) is 43.4. The molecule has 63 heavy (non-hydrogen) atoms. The second-order valence-corrected chi connectivity index (χ2v) is 20.8. The van der Waals surface area contributed by atoms with Crippen LogP contribution in [0, 0.1) is 17.8 Å². The van der Waals surface area contributed by atoms with Gasteiger partial charge in [0.15, 0.2) is 6.10 Å². The normalized spacial score (nSPS) is 12.6. The van der Waals surface area contributed by atoms with Crippen LogP contribution in [0.5, 0.6) is 0 Å². The van der Waals surface area contributed by atoms with Crippen LogP contribution < -0.4 is 0 Å². The molecule has 0 fully saturated rings. The molecule has 0 spiro atoms. The van der Waals surface area contributed by atoms with Crippen molar-refractivity contribution < 1.29 is 28.6 Å². The molecule has 0 aliphatic rings. The first-order chi connectivity index (χ1) is 30.6. The largest absolute Gasteiger partial charge is 0.462 e. The maximum absolute atomic E-state index is 12.8. The van der Waals surface area contributed by atoms with E-state index in [1.807, 2.05) is 0 Å². The van der Waals surface area contributed by atoms with Crippen LogP contribution in [0.4, 0.5) is 0 Å². The van der Waals surface area contributed by atoms with Crippen LogP contribution in [-0.4, -0.2) is 37.2 Å². The Kier molecular flexibility index (Phi) is 47.1. The average Bonchev–Trinajstić information content (AvgIpc) is 3.25. The van der Waals surface area contributed by atoms with Crippen LogP contribution >= 0.6 is 0 Å². The van der Waals surface area contributed by atoms with Crippen LogP contribution in [0.2, 0.25) is 0 Å². The number of carbonyl (C=O) groups is 3. The topological polar surface area (TPSA) is 78.9 Å². The molecular weight excluding hydrogens is 781 g/mol. The van der Waals surface area contributed by atoms with E-state index in [2.05, 4.69) is 41.5 Å². The smallest absolute Gasteiger partial charge is 0.306 e. The van der Waals surface area contributed by atoms with Gasteiger partial charge in [0.2, 0.25) is 0 Å². The van der Waals surface area contributed by atoms with E-state index in [1.54, 1.807) is 0 Å². The molecule has 374 valence electrons. The molecule has 0 aromatic rings. The van der Waals surface area contributed by atoms with Crippen LogP contribution in [0.25, 0.3) is 0 Å². The molecule has 0 saturated carbocycles. The summed E-state index contributed by atoms with van der Waals surface area (Å²) < 4.78 is 16.9. The lowest BCUT2D eigenvalue weighted by Gasteiger charge is -2.18. The summed E-state index contributed by atoms with van der Waals surface area (Å²) in [5.74, 6) is 1.68. The molecule has 2 atom stereocenters. The number of rotatable bonds is 50. The lowest BCUT2D eigenvalue weighted by Crippen LogP contribution is -2.30. The number of esters is 3. The lowest BCUT2D eigenvalue weighted by atomic mass is 9.99. The van der Waals surface area contributed by atoms with Gasteiger partial charge in [0.1, 0.15) is 13.2 Å². The number of unbranched alkanes of at least 4 members (excludes halogenated alkanes) is 32. The minimum Gasteiger partial charge on any atom is -0.462 e. The molecule has 0 aliphatic heterocycles. The Morgan fingerprint density at radius 3 is 0.825 bits per heavy atom. The van der Waals surface area contributed by atoms with Crippen molar-refractivity contribution in [1.29, 1.82) is 0 Å². The molecule has 0 bridgehead atoms. The summed E-state index contributed by atoms with van der Waals surface area (Å²) in [6.45, 7) is 13.8. The Bertz CT molecular complexity index is 978. The molecule has 0 radical (unpaired) electrons. The maximum atomic E-state index is 12.8. The van der Waals surface area contributed by atoms with E-state index in [-0.39, 0.29) is 31.1 Å². The van der Waals surface area contributed by atoms with Crippen LogP contribution in [0.1, 0.15) is 311 Å². The molecule has 1 unspecified atom stereocenters. The van der Waals surface area contributed by atoms with Crippen molar-refractivity contribution in [2.24, 2.45) is 17.8 Å². The highest BCUT2D eigenvalue weighted by molar-refractivity contribution is 5.71. The van der Waals surface area contributed by atoms with Crippen molar-refractivity contribution in [3.05, 3.63) is 0 Å². The Morgan fingerprint density at radius 2 is 0.556 bits per heavy atom.